The Morgan fingerprint density at radius 1 is 1.23 bits per heavy atom. The molecule has 0 radical (unpaired) electrons. The summed E-state index contributed by atoms with van der Waals surface area (Å²) in [6.45, 7) is 3.24. The van der Waals surface area contributed by atoms with Crippen LogP contribution in [0, 0.1) is 5.41 Å². The summed E-state index contributed by atoms with van der Waals surface area (Å²) in [4.78, 5) is 35.9. The van der Waals surface area contributed by atoms with E-state index in [2.05, 4.69) is 25.6 Å². The maximum absolute atomic E-state index is 12.3. The molecule has 0 unspecified atom stereocenters. The zero-order chi connectivity index (χ0) is 22.5. The van der Waals surface area contributed by atoms with Crippen LogP contribution in [0.15, 0.2) is 47.9 Å². The molecule has 31 heavy (non-hydrogen) atoms. The molecule has 7 N–H and O–H groups in total. The van der Waals surface area contributed by atoms with Crippen molar-refractivity contribution in [1.82, 2.24) is 20.3 Å². The van der Waals surface area contributed by atoms with Gasteiger partial charge in [0.25, 0.3) is 11.8 Å². The number of nitrogens with two attached hydrogens (primary N) is 1. The Morgan fingerprint density at radius 3 is 2.71 bits per heavy atom. The number of amides is 2. The van der Waals surface area contributed by atoms with Gasteiger partial charge in [-0.2, -0.15) is 0 Å². The van der Waals surface area contributed by atoms with Crippen LogP contribution in [0.3, 0.4) is 0 Å². The van der Waals surface area contributed by atoms with Crippen molar-refractivity contribution >= 4 is 34.2 Å². The molecule has 0 aliphatic carbocycles. The van der Waals surface area contributed by atoms with Gasteiger partial charge in [0.1, 0.15) is 17.1 Å². The molecule has 0 saturated heterocycles. The summed E-state index contributed by atoms with van der Waals surface area (Å²) in [7, 11) is 0. The van der Waals surface area contributed by atoms with Gasteiger partial charge in [-0.15, -0.1) is 0 Å². The molecule has 0 aliphatic rings. The number of aromatic amines is 1. The zero-order valence-corrected chi connectivity index (χ0v) is 17.1. The Labute approximate surface area is 178 Å². The number of pyridine rings is 2. The summed E-state index contributed by atoms with van der Waals surface area (Å²) in [6.07, 6.45) is 3.01. The lowest BCUT2D eigenvalue weighted by atomic mass is 10.1. The second kappa shape index (κ2) is 9.18. The molecule has 0 aromatic carbocycles. The number of carbonyl (C=O) groups is 2. The van der Waals surface area contributed by atoms with Crippen LogP contribution >= 0.6 is 0 Å². The molecule has 0 fully saturated rings. The lowest BCUT2D eigenvalue weighted by molar-refractivity contribution is -0.110. The predicted molar refractivity (Wildman–Crippen MR) is 118 cm³/mol. The van der Waals surface area contributed by atoms with Crippen molar-refractivity contribution in [3.63, 3.8) is 0 Å². The summed E-state index contributed by atoms with van der Waals surface area (Å²) in [5, 5.41) is 22.7. The van der Waals surface area contributed by atoms with E-state index < -0.39 is 5.91 Å². The number of anilines is 1. The molecule has 10 nitrogen and oxygen atoms in total. The average molecular weight is 421 g/mol. The largest absolute Gasteiger partial charge is 0.402 e. The van der Waals surface area contributed by atoms with E-state index >= 15 is 0 Å². The first-order valence-corrected chi connectivity index (χ1v) is 9.47. The van der Waals surface area contributed by atoms with E-state index in [9.17, 15) is 9.59 Å². The number of fused-ring (bicyclic) bond motifs is 1. The van der Waals surface area contributed by atoms with Gasteiger partial charge in [-0.1, -0.05) is 0 Å². The van der Waals surface area contributed by atoms with E-state index in [1.807, 2.05) is 6.07 Å². The van der Waals surface area contributed by atoms with Gasteiger partial charge in [0.05, 0.1) is 18.5 Å². The highest BCUT2D eigenvalue weighted by atomic mass is 16.3. The smallest absolute Gasteiger partial charge is 0.273 e. The molecule has 3 heterocycles. The number of aromatic nitrogens is 3. The van der Waals surface area contributed by atoms with Crippen molar-refractivity contribution in [2.75, 3.05) is 18.5 Å². The molecule has 2 amide bonds. The van der Waals surface area contributed by atoms with Crippen LogP contribution in [-0.4, -0.2) is 50.7 Å². The zero-order valence-electron chi connectivity index (χ0n) is 17.1. The van der Waals surface area contributed by atoms with Crippen LogP contribution < -0.4 is 16.4 Å². The van der Waals surface area contributed by atoms with Gasteiger partial charge in [-0.3, -0.25) is 20.0 Å². The van der Waals surface area contributed by atoms with Crippen LogP contribution in [0.1, 0.15) is 24.3 Å². The van der Waals surface area contributed by atoms with E-state index in [4.69, 9.17) is 16.2 Å². The molecule has 3 aromatic heterocycles. The van der Waals surface area contributed by atoms with E-state index in [1.54, 1.807) is 32.0 Å². The van der Waals surface area contributed by atoms with E-state index in [-0.39, 0.29) is 30.5 Å². The first kappa shape index (κ1) is 21.7. The highest BCUT2D eigenvalue weighted by molar-refractivity contribution is 6.47. The van der Waals surface area contributed by atoms with Crippen molar-refractivity contribution in [3.05, 3.63) is 53.6 Å². The second-order valence-corrected chi connectivity index (χ2v) is 6.89. The Balaban J connectivity index is 1.83. The number of hydrogen-bond acceptors (Lipinski definition) is 7. The van der Waals surface area contributed by atoms with Crippen LogP contribution in [0.4, 0.5) is 5.69 Å². The van der Waals surface area contributed by atoms with Crippen LogP contribution in [-0.2, 0) is 4.79 Å². The molecule has 0 bridgehead atoms. The summed E-state index contributed by atoms with van der Waals surface area (Å²) < 4.78 is 0. The number of aliphatic hydroxyl groups excluding tert-OH is 1. The normalized spacial score (nSPS) is 11.7. The van der Waals surface area contributed by atoms with E-state index in [0.29, 0.717) is 22.6 Å². The number of nitrogens with one attached hydrogen (secondary N) is 4. The Kier molecular flexibility index (Phi) is 6.41. The molecule has 0 aliphatic heterocycles. The number of nitrogens with zero attached hydrogens (tertiary/aromatic N) is 2. The van der Waals surface area contributed by atoms with Crippen molar-refractivity contribution in [2.24, 2.45) is 5.73 Å². The lowest BCUT2D eigenvalue weighted by Crippen LogP contribution is -2.27. The molecular formula is C21H23N7O3. The molecule has 0 atom stereocenters. The van der Waals surface area contributed by atoms with Gasteiger partial charge in [0, 0.05) is 35.1 Å². The summed E-state index contributed by atoms with van der Waals surface area (Å²) >= 11 is 0. The highest BCUT2D eigenvalue weighted by Crippen LogP contribution is 2.25. The maximum atomic E-state index is 12.3. The van der Waals surface area contributed by atoms with Crippen molar-refractivity contribution in [3.8, 4) is 11.3 Å². The molecule has 3 aromatic rings. The van der Waals surface area contributed by atoms with Gasteiger partial charge in [-0.05, 0) is 43.7 Å². The monoisotopic (exact) mass is 421 g/mol. The molecule has 3 rings (SSSR count). The van der Waals surface area contributed by atoms with Crippen LogP contribution in [0.25, 0.3) is 22.3 Å². The van der Waals surface area contributed by atoms with Gasteiger partial charge < -0.3 is 26.5 Å². The fourth-order valence-corrected chi connectivity index (χ4v) is 2.78. The number of hydrogen-bond donors (Lipinski definition) is 6. The second-order valence-electron chi connectivity index (χ2n) is 6.89. The summed E-state index contributed by atoms with van der Waals surface area (Å²) in [5.41, 5.74) is 8.97. The number of carbonyl (C=O) groups excluding carboxylic acids is 2. The Hall–Kier alpha value is -4.05. The first-order chi connectivity index (χ1) is 14.8. The van der Waals surface area contributed by atoms with Gasteiger partial charge in [0.15, 0.2) is 0 Å². The van der Waals surface area contributed by atoms with E-state index in [1.165, 1.54) is 12.4 Å². The molecule has 0 saturated carbocycles. The Bertz CT molecular complexity index is 1190. The molecular weight excluding hydrogens is 398 g/mol. The summed E-state index contributed by atoms with van der Waals surface area (Å²) in [5.74, 6) is -0.957. The minimum absolute atomic E-state index is 0.146. The maximum Gasteiger partial charge on any atom is 0.273 e. The van der Waals surface area contributed by atoms with Crippen molar-refractivity contribution in [1.29, 1.82) is 5.41 Å². The standard InChI is InChI=1S/C21H23N7O3/c1-11(12(2)22)18(23)21(31)27-15-7-14-9-16(28-19(14)26-10-15)13-3-4-24-17(8-13)20(30)25-5-6-29/h3-4,7-10,23,29H,5-6,22H2,1-2H3,(H,25,30)(H,26,28)(H,27,31)/b12-11-,23-18?. The third-order valence-corrected chi connectivity index (χ3v) is 4.62. The van der Waals surface area contributed by atoms with Gasteiger partial charge in [0.2, 0.25) is 0 Å². The highest BCUT2D eigenvalue weighted by Gasteiger charge is 2.14. The van der Waals surface area contributed by atoms with Crippen LogP contribution in [0.5, 0.6) is 0 Å². The predicted octanol–water partition coefficient (Wildman–Crippen LogP) is 1.56. The van der Waals surface area contributed by atoms with Crippen molar-refractivity contribution in [2.45, 2.75) is 13.8 Å². The third kappa shape index (κ3) is 4.93. The number of allylic oxidation sites excluding steroid dienone is 1. The Morgan fingerprint density at radius 2 is 2.00 bits per heavy atom. The minimum Gasteiger partial charge on any atom is -0.402 e. The quantitative estimate of drug-likeness (QED) is 0.316. The first-order valence-electron chi connectivity index (χ1n) is 9.47. The molecule has 0 spiro atoms. The minimum atomic E-state index is -0.577. The third-order valence-electron chi connectivity index (χ3n) is 4.62. The molecule has 10 heteroatoms. The van der Waals surface area contributed by atoms with Crippen molar-refractivity contribution < 1.29 is 14.7 Å². The number of aliphatic hydroxyl groups is 1. The van der Waals surface area contributed by atoms with Gasteiger partial charge >= 0.3 is 0 Å². The van der Waals surface area contributed by atoms with E-state index in [0.717, 1.165) is 16.6 Å². The average Bonchev–Trinajstić information content (AvgIpc) is 3.19. The fraction of sp³-hybridized carbons (Fsp3) is 0.190. The summed E-state index contributed by atoms with van der Waals surface area (Å²) in [6, 6.07) is 6.95. The topological polar surface area (TPSA) is 170 Å². The molecule has 160 valence electrons. The lowest BCUT2D eigenvalue weighted by Gasteiger charge is -2.07. The number of H-pyrrole nitrogens is 1. The van der Waals surface area contributed by atoms with Gasteiger partial charge in [-0.25, -0.2) is 4.98 Å². The van der Waals surface area contributed by atoms with Crippen LogP contribution in [0.2, 0.25) is 0 Å². The SMILES string of the molecule is C/C(N)=C(\C)C(=N)C(=O)Nc1cnc2[nH]c(-c3ccnc(C(=O)NCCO)c3)cc2c1. The fourth-order valence-electron chi connectivity index (χ4n) is 2.78. The number of rotatable bonds is 7.